The van der Waals surface area contributed by atoms with Crippen molar-refractivity contribution in [3.63, 3.8) is 0 Å². The van der Waals surface area contributed by atoms with Crippen molar-refractivity contribution >= 4 is 40.6 Å². The van der Waals surface area contributed by atoms with Crippen LogP contribution in [0.25, 0.3) is 0 Å². The van der Waals surface area contributed by atoms with E-state index in [2.05, 4.69) is 9.69 Å². The van der Waals surface area contributed by atoms with E-state index in [9.17, 15) is 4.79 Å². The third kappa shape index (κ3) is 2.08. The first-order valence-corrected chi connectivity index (χ1v) is 8.71. The number of nitrogens with zero attached hydrogens (tertiary/aromatic N) is 1. The SMILES string of the molecule is O=C(NC12CC3CC(CC(C3)C1)C2)c1nsc(Cl)c1Cl. The van der Waals surface area contributed by atoms with Crippen molar-refractivity contribution in [1.29, 1.82) is 0 Å². The molecule has 4 bridgehead atoms. The van der Waals surface area contributed by atoms with Crippen LogP contribution in [0.4, 0.5) is 0 Å². The number of aromatic nitrogens is 1. The maximum absolute atomic E-state index is 12.5. The Morgan fingerprint density at radius 3 is 2.15 bits per heavy atom. The topological polar surface area (TPSA) is 42.0 Å². The van der Waals surface area contributed by atoms with Crippen LogP contribution in [0.5, 0.6) is 0 Å². The molecule has 0 spiro atoms. The van der Waals surface area contributed by atoms with E-state index >= 15 is 0 Å². The normalized spacial score (nSPS) is 38.2. The second kappa shape index (κ2) is 4.59. The summed E-state index contributed by atoms with van der Waals surface area (Å²) in [6.45, 7) is 0. The Balaban J connectivity index is 1.57. The highest BCUT2D eigenvalue weighted by molar-refractivity contribution is 7.11. The molecule has 1 N–H and O–H groups in total. The molecular weight excluding hydrogens is 315 g/mol. The highest BCUT2D eigenvalue weighted by Crippen LogP contribution is 2.55. The van der Waals surface area contributed by atoms with E-state index in [0.29, 0.717) is 9.36 Å². The van der Waals surface area contributed by atoms with Crippen molar-refractivity contribution in [2.75, 3.05) is 0 Å². The number of hydrogen-bond donors (Lipinski definition) is 1. The molecule has 0 radical (unpaired) electrons. The third-order valence-corrected chi connectivity index (χ3v) is 6.84. The second-order valence-electron chi connectivity index (χ2n) is 6.77. The van der Waals surface area contributed by atoms with E-state index in [1.54, 1.807) is 0 Å². The number of rotatable bonds is 2. The van der Waals surface area contributed by atoms with E-state index < -0.39 is 0 Å². The van der Waals surface area contributed by atoms with Gasteiger partial charge in [0.05, 0.1) is 0 Å². The fourth-order valence-corrected chi connectivity index (χ4v) is 5.96. The first-order valence-electron chi connectivity index (χ1n) is 7.18. The number of hydrogen-bond acceptors (Lipinski definition) is 3. The molecule has 1 aromatic rings. The van der Waals surface area contributed by atoms with Crippen LogP contribution in [0.2, 0.25) is 9.36 Å². The Morgan fingerprint density at radius 1 is 1.15 bits per heavy atom. The highest BCUT2D eigenvalue weighted by Gasteiger charge is 2.51. The van der Waals surface area contributed by atoms with Crippen LogP contribution in [0, 0.1) is 17.8 Å². The van der Waals surface area contributed by atoms with Gasteiger partial charge in [0.1, 0.15) is 9.36 Å². The Bertz CT molecular complexity index is 536. The second-order valence-corrected chi connectivity index (χ2v) is 8.52. The van der Waals surface area contributed by atoms with Crippen molar-refractivity contribution in [3.05, 3.63) is 15.1 Å². The molecule has 4 saturated carbocycles. The third-order valence-electron chi connectivity index (χ3n) is 5.23. The Morgan fingerprint density at radius 2 is 1.70 bits per heavy atom. The molecule has 0 saturated heterocycles. The van der Waals surface area contributed by atoms with Gasteiger partial charge in [0, 0.05) is 5.54 Å². The molecular formula is C14H16Cl2N2OS. The van der Waals surface area contributed by atoms with Crippen LogP contribution < -0.4 is 5.32 Å². The van der Waals surface area contributed by atoms with E-state index in [1.807, 2.05) is 0 Å². The van der Waals surface area contributed by atoms with Gasteiger partial charge < -0.3 is 5.32 Å². The predicted molar refractivity (Wildman–Crippen MR) is 80.5 cm³/mol. The standard InChI is InChI=1S/C14H16Cl2N2OS/c15-10-11(18-20-12(10)16)13(19)17-14-4-7-1-8(5-14)3-9(2-7)6-14/h7-9H,1-6H2,(H,17,19). The molecule has 3 nitrogen and oxygen atoms in total. The van der Waals surface area contributed by atoms with Crippen LogP contribution in [-0.2, 0) is 0 Å². The largest absolute Gasteiger partial charge is 0.345 e. The zero-order chi connectivity index (χ0) is 13.9. The Hall–Kier alpha value is -0.320. The van der Waals surface area contributed by atoms with Gasteiger partial charge in [0.25, 0.3) is 5.91 Å². The molecule has 1 amide bonds. The molecule has 5 rings (SSSR count). The molecule has 0 aromatic carbocycles. The molecule has 4 aliphatic rings. The number of carbonyl (C=O) groups excluding carboxylic acids is 1. The fraction of sp³-hybridized carbons (Fsp3) is 0.714. The monoisotopic (exact) mass is 330 g/mol. The summed E-state index contributed by atoms with van der Waals surface area (Å²) in [5.74, 6) is 2.25. The van der Waals surface area contributed by atoms with Gasteiger partial charge in [-0.25, -0.2) is 0 Å². The summed E-state index contributed by atoms with van der Waals surface area (Å²) in [5.41, 5.74) is 0.281. The number of carbonyl (C=O) groups is 1. The van der Waals surface area contributed by atoms with Gasteiger partial charge in [0.2, 0.25) is 0 Å². The van der Waals surface area contributed by atoms with E-state index in [1.165, 1.54) is 19.3 Å². The molecule has 108 valence electrons. The van der Waals surface area contributed by atoms with Gasteiger partial charge in [-0.1, -0.05) is 23.2 Å². The summed E-state index contributed by atoms with van der Waals surface area (Å²) in [5, 5.41) is 3.55. The van der Waals surface area contributed by atoms with Crippen molar-refractivity contribution in [2.24, 2.45) is 17.8 Å². The maximum Gasteiger partial charge on any atom is 0.273 e. The molecule has 20 heavy (non-hydrogen) atoms. The van der Waals surface area contributed by atoms with E-state index in [0.717, 1.165) is 48.5 Å². The minimum Gasteiger partial charge on any atom is -0.345 e. The number of amides is 1. The lowest BCUT2D eigenvalue weighted by molar-refractivity contribution is -0.0167. The Kier molecular flexibility index (Phi) is 3.06. The summed E-state index contributed by atoms with van der Waals surface area (Å²) < 4.78 is 4.47. The fourth-order valence-electron chi connectivity index (χ4n) is 4.96. The van der Waals surface area contributed by atoms with Crippen molar-refractivity contribution < 1.29 is 4.79 Å². The van der Waals surface area contributed by atoms with Crippen molar-refractivity contribution in [1.82, 2.24) is 9.69 Å². The van der Waals surface area contributed by atoms with Crippen LogP contribution in [0.15, 0.2) is 0 Å². The van der Waals surface area contributed by atoms with Crippen LogP contribution in [0.1, 0.15) is 49.0 Å². The van der Waals surface area contributed by atoms with Gasteiger partial charge in [-0.3, -0.25) is 4.79 Å². The van der Waals surface area contributed by atoms with Gasteiger partial charge in [-0.15, -0.1) is 0 Å². The molecule has 0 atom stereocenters. The molecule has 1 aromatic heterocycles. The first kappa shape index (κ1) is 13.4. The summed E-state index contributed by atoms with van der Waals surface area (Å²) in [7, 11) is 0. The van der Waals surface area contributed by atoms with Crippen LogP contribution >= 0.6 is 34.7 Å². The quantitative estimate of drug-likeness (QED) is 0.885. The average Bonchev–Trinajstić information content (AvgIpc) is 2.67. The summed E-state index contributed by atoms with van der Waals surface area (Å²) >= 11 is 13.0. The van der Waals surface area contributed by atoms with Gasteiger partial charge in [0.15, 0.2) is 5.69 Å². The van der Waals surface area contributed by atoms with Gasteiger partial charge in [-0.05, 0) is 67.8 Å². The van der Waals surface area contributed by atoms with Gasteiger partial charge in [-0.2, -0.15) is 4.37 Å². The molecule has 1 heterocycles. The highest BCUT2D eigenvalue weighted by atomic mass is 35.5. The molecule has 4 aliphatic carbocycles. The lowest BCUT2D eigenvalue weighted by atomic mass is 9.53. The van der Waals surface area contributed by atoms with Crippen LogP contribution in [-0.4, -0.2) is 15.8 Å². The summed E-state index contributed by atoms with van der Waals surface area (Å²) in [6.07, 6.45) is 7.45. The summed E-state index contributed by atoms with van der Waals surface area (Å²) in [6, 6.07) is 0. The minimum absolute atomic E-state index is 0.00868. The van der Waals surface area contributed by atoms with Crippen LogP contribution in [0.3, 0.4) is 0 Å². The smallest absolute Gasteiger partial charge is 0.273 e. The predicted octanol–water partition coefficient (Wildman–Crippen LogP) is 4.15. The molecule has 0 aliphatic heterocycles. The zero-order valence-electron chi connectivity index (χ0n) is 11.0. The molecule has 6 heteroatoms. The molecule has 4 fully saturated rings. The van der Waals surface area contributed by atoms with E-state index in [-0.39, 0.29) is 17.1 Å². The lowest BCUT2D eigenvalue weighted by Crippen LogP contribution is -2.59. The lowest BCUT2D eigenvalue weighted by Gasteiger charge is -2.56. The number of nitrogens with one attached hydrogen (secondary N) is 1. The number of halogens is 2. The summed E-state index contributed by atoms with van der Waals surface area (Å²) in [4.78, 5) is 12.5. The zero-order valence-corrected chi connectivity index (χ0v) is 13.3. The van der Waals surface area contributed by atoms with Gasteiger partial charge >= 0.3 is 0 Å². The minimum atomic E-state index is -0.153. The first-order chi connectivity index (χ1) is 9.55. The average molecular weight is 331 g/mol. The Labute approximate surface area is 132 Å². The molecule has 0 unspecified atom stereocenters. The maximum atomic E-state index is 12.5. The van der Waals surface area contributed by atoms with Crippen molar-refractivity contribution in [3.8, 4) is 0 Å². The van der Waals surface area contributed by atoms with Crippen molar-refractivity contribution in [2.45, 2.75) is 44.1 Å². The van der Waals surface area contributed by atoms with E-state index in [4.69, 9.17) is 23.2 Å².